The summed E-state index contributed by atoms with van der Waals surface area (Å²) in [4.78, 5) is 10.2. The summed E-state index contributed by atoms with van der Waals surface area (Å²) < 4.78 is 0. The molecule has 0 saturated heterocycles. The molecule has 0 atom stereocenters. The predicted octanol–water partition coefficient (Wildman–Crippen LogP) is 5.03. The molecule has 0 spiro atoms. The largest absolute Gasteiger partial charge is 0.507 e. The molecule has 3 aromatic rings. The lowest BCUT2D eigenvalue weighted by atomic mass is 9.99. The van der Waals surface area contributed by atoms with Crippen LogP contribution in [0.15, 0.2) is 65.6 Å². The van der Waals surface area contributed by atoms with E-state index in [1.54, 1.807) is 11.8 Å². The number of phenolic OH excluding ortho intramolecular Hbond substituents is 1. The van der Waals surface area contributed by atoms with Crippen molar-refractivity contribution in [2.24, 2.45) is 0 Å². The van der Waals surface area contributed by atoms with Crippen molar-refractivity contribution >= 4 is 28.5 Å². The van der Waals surface area contributed by atoms with Gasteiger partial charge in [-0.1, -0.05) is 54.6 Å². The van der Waals surface area contributed by atoms with Crippen molar-refractivity contribution < 1.29 is 15.0 Å². The van der Waals surface area contributed by atoms with Crippen molar-refractivity contribution in [1.29, 1.82) is 0 Å². The zero-order valence-electron chi connectivity index (χ0n) is 13.0. The van der Waals surface area contributed by atoms with Crippen molar-refractivity contribution in [3.05, 3.63) is 60.7 Å². The van der Waals surface area contributed by atoms with Crippen LogP contribution in [0.3, 0.4) is 0 Å². The van der Waals surface area contributed by atoms with Crippen molar-refractivity contribution in [2.45, 2.75) is 11.8 Å². The van der Waals surface area contributed by atoms with Crippen LogP contribution in [0, 0.1) is 0 Å². The topological polar surface area (TPSA) is 57.5 Å². The molecule has 3 nitrogen and oxygen atoms in total. The smallest absolute Gasteiger partial charge is 0.300 e. The fourth-order valence-corrected chi connectivity index (χ4v) is 2.97. The third-order valence-corrected chi connectivity index (χ3v) is 4.06. The van der Waals surface area contributed by atoms with E-state index in [1.165, 1.54) is 4.90 Å². The molecule has 3 rings (SSSR count). The van der Waals surface area contributed by atoms with Crippen LogP contribution in [0.4, 0.5) is 0 Å². The monoisotopic (exact) mass is 326 g/mol. The molecule has 118 valence electrons. The van der Waals surface area contributed by atoms with Gasteiger partial charge in [-0.05, 0) is 23.3 Å². The number of carbonyl (C=O) groups is 1. The number of carboxylic acids is 1. The van der Waals surface area contributed by atoms with Gasteiger partial charge in [-0.15, -0.1) is 11.8 Å². The third kappa shape index (κ3) is 4.05. The van der Waals surface area contributed by atoms with E-state index in [1.807, 2.05) is 48.5 Å². The molecule has 0 fully saturated rings. The Balaban J connectivity index is 0.000000433. The van der Waals surface area contributed by atoms with Crippen molar-refractivity contribution in [3.63, 3.8) is 0 Å². The van der Waals surface area contributed by atoms with Gasteiger partial charge < -0.3 is 10.2 Å². The van der Waals surface area contributed by atoms with E-state index in [9.17, 15) is 5.11 Å². The number of aromatic hydroxyl groups is 1. The molecule has 0 amide bonds. The normalized spacial score (nSPS) is 10.0. The molecule has 0 bridgehead atoms. The summed E-state index contributed by atoms with van der Waals surface area (Å²) in [5, 5.41) is 19.9. The van der Waals surface area contributed by atoms with E-state index in [-0.39, 0.29) is 0 Å². The Labute approximate surface area is 139 Å². The number of fused-ring (bicyclic) bond motifs is 1. The first kappa shape index (κ1) is 16.9. The molecule has 0 aromatic heterocycles. The Morgan fingerprint density at radius 3 is 2.04 bits per heavy atom. The summed E-state index contributed by atoms with van der Waals surface area (Å²) in [6, 6.07) is 20.1. The number of rotatable bonds is 2. The van der Waals surface area contributed by atoms with Crippen LogP contribution in [0.2, 0.25) is 0 Å². The second-order valence-corrected chi connectivity index (χ2v) is 5.75. The van der Waals surface area contributed by atoms with Gasteiger partial charge in [0.05, 0.1) is 0 Å². The summed E-state index contributed by atoms with van der Waals surface area (Å²) in [5.74, 6) is -0.473. The first-order chi connectivity index (χ1) is 11.0. The molecular weight excluding hydrogens is 308 g/mol. The van der Waals surface area contributed by atoms with Gasteiger partial charge in [-0.25, -0.2) is 0 Å². The van der Waals surface area contributed by atoms with Gasteiger partial charge >= 0.3 is 0 Å². The van der Waals surface area contributed by atoms with Gasteiger partial charge in [0, 0.05) is 22.8 Å². The summed E-state index contributed by atoms with van der Waals surface area (Å²) in [7, 11) is 0. The second kappa shape index (κ2) is 7.70. The van der Waals surface area contributed by atoms with E-state index < -0.39 is 5.97 Å². The molecule has 23 heavy (non-hydrogen) atoms. The van der Waals surface area contributed by atoms with Gasteiger partial charge in [0.25, 0.3) is 5.97 Å². The Hall–Kier alpha value is -2.46. The minimum absolute atomic E-state index is 0.361. The zero-order valence-corrected chi connectivity index (χ0v) is 13.8. The fraction of sp³-hybridized carbons (Fsp3) is 0.105. The Bertz CT molecular complexity index is 809. The summed E-state index contributed by atoms with van der Waals surface area (Å²) >= 11 is 1.70. The van der Waals surface area contributed by atoms with Crippen LogP contribution in [-0.4, -0.2) is 22.4 Å². The van der Waals surface area contributed by atoms with Crippen molar-refractivity contribution in [3.8, 4) is 16.9 Å². The van der Waals surface area contributed by atoms with Gasteiger partial charge in [0.2, 0.25) is 0 Å². The number of carboxylic acid groups (broad SMARTS) is 1. The molecule has 0 aliphatic rings. The molecule has 0 unspecified atom stereocenters. The SMILES string of the molecule is CC(=O)O.CSc1cc(-c2ccccc2)c(O)c2ccccc12. The quantitative estimate of drug-likeness (QED) is 0.649. The standard InChI is InChI=1S/C17H14OS.C2H4O2/c1-19-16-11-15(12-7-3-2-4-8-12)17(18)14-10-6-5-9-13(14)16;1-2(3)4/h2-11,18H,1H3;1H3,(H,3,4). The van der Waals surface area contributed by atoms with E-state index in [0.717, 1.165) is 28.8 Å². The minimum Gasteiger partial charge on any atom is -0.507 e. The van der Waals surface area contributed by atoms with Crippen molar-refractivity contribution in [2.75, 3.05) is 6.26 Å². The maximum absolute atomic E-state index is 10.5. The number of hydrogen-bond donors (Lipinski definition) is 2. The lowest BCUT2D eigenvalue weighted by molar-refractivity contribution is -0.134. The van der Waals surface area contributed by atoms with Crippen LogP contribution >= 0.6 is 11.8 Å². The summed E-state index contributed by atoms with van der Waals surface area (Å²) in [6.45, 7) is 1.08. The maximum Gasteiger partial charge on any atom is 0.300 e. The van der Waals surface area contributed by atoms with E-state index in [4.69, 9.17) is 9.90 Å². The Morgan fingerprint density at radius 1 is 0.957 bits per heavy atom. The highest BCUT2D eigenvalue weighted by molar-refractivity contribution is 7.98. The highest BCUT2D eigenvalue weighted by atomic mass is 32.2. The molecule has 3 aromatic carbocycles. The first-order valence-electron chi connectivity index (χ1n) is 7.08. The molecule has 0 radical (unpaired) electrons. The number of benzene rings is 3. The van der Waals surface area contributed by atoms with Gasteiger partial charge in [0.1, 0.15) is 5.75 Å². The fourth-order valence-electron chi connectivity index (χ4n) is 2.33. The number of thioether (sulfide) groups is 1. The lowest BCUT2D eigenvalue weighted by Gasteiger charge is -2.12. The molecular formula is C19H18O3S. The van der Waals surface area contributed by atoms with Crippen LogP contribution in [0.25, 0.3) is 21.9 Å². The number of hydrogen-bond acceptors (Lipinski definition) is 3. The van der Waals surface area contributed by atoms with E-state index in [2.05, 4.69) is 18.4 Å². The molecule has 0 heterocycles. The Kier molecular flexibility index (Phi) is 5.66. The minimum atomic E-state index is -0.833. The highest BCUT2D eigenvalue weighted by Crippen LogP contribution is 2.40. The number of phenols is 1. The van der Waals surface area contributed by atoms with Crippen LogP contribution in [-0.2, 0) is 4.79 Å². The zero-order chi connectivity index (χ0) is 16.8. The Morgan fingerprint density at radius 2 is 1.48 bits per heavy atom. The number of aliphatic carboxylic acids is 1. The van der Waals surface area contributed by atoms with Crippen LogP contribution in [0.5, 0.6) is 5.75 Å². The van der Waals surface area contributed by atoms with E-state index >= 15 is 0 Å². The highest BCUT2D eigenvalue weighted by Gasteiger charge is 2.11. The molecule has 0 aliphatic carbocycles. The van der Waals surface area contributed by atoms with E-state index in [0.29, 0.717) is 5.75 Å². The predicted molar refractivity (Wildman–Crippen MR) is 96.1 cm³/mol. The second-order valence-electron chi connectivity index (χ2n) is 4.91. The lowest BCUT2D eigenvalue weighted by Crippen LogP contribution is -1.84. The van der Waals surface area contributed by atoms with Gasteiger partial charge in [-0.3, -0.25) is 4.79 Å². The molecule has 0 saturated carbocycles. The third-order valence-electron chi connectivity index (χ3n) is 3.28. The van der Waals surface area contributed by atoms with Gasteiger partial charge in [0.15, 0.2) is 0 Å². The van der Waals surface area contributed by atoms with Crippen LogP contribution in [0.1, 0.15) is 6.92 Å². The molecule has 2 N–H and O–H groups in total. The summed E-state index contributed by atoms with van der Waals surface area (Å²) in [5.41, 5.74) is 1.93. The molecule has 0 aliphatic heterocycles. The first-order valence-corrected chi connectivity index (χ1v) is 8.30. The maximum atomic E-state index is 10.5. The van der Waals surface area contributed by atoms with Gasteiger partial charge in [-0.2, -0.15) is 0 Å². The molecule has 4 heteroatoms. The average Bonchev–Trinajstić information content (AvgIpc) is 2.56. The van der Waals surface area contributed by atoms with Crippen LogP contribution < -0.4 is 0 Å². The van der Waals surface area contributed by atoms with Crippen molar-refractivity contribution in [1.82, 2.24) is 0 Å². The average molecular weight is 326 g/mol. The summed E-state index contributed by atoms with van der Waals surface area (Å²) in [6.07, 6.45) is 2.06.